The van der Waals surface area contributed by atoms with Gasteiger partial charge in [0.25, 0.3) is 0 Å². The predicted molar refractivity (Wildman–Crippen MR) is 215 cm³/mol. The predicted octanol–water partition coefficient (Wildman–Crippen LogP) is 6.13. The molecule has 3 atom stereocenters. The number of carbonyl (C=O) groups is 4. The number of unbranched alkanes of at least 4 members (excludes halogenated alkanes) is 3. The van der Waals surface area contributed by atoms with Crippen LogP contribution in [-0.2, 0) is 48.0 Å². The van der Waals surface area contributed by atoms with Crippen molar-refractivity contribution < 1.29 is 46.2 Å². The van der Waals surface area contributed by atoms with Crippen LogP contribution >= 0.6 is 0 Å². The van der Waals surface area contributed by atoms with Gasteiger partial charge in [-0.1, -0.05) is 70.0 Å². The number of primary amides is 1. The molecule has 3 unspecified atom stereocenters. The molecule has 0 aromatic heterocycles. The van der Waals surface area contributed by atoms with E-state index in [4.69, 9.17) is 15.6 Å². The van der Waals surface area contributed by atoms with E-state index in [1.165, 1.54) is 42.0 Å². The molecule has 0 spiro atoms. The molecule has 16 heteroatoms. The van der Waals surface area contributed by atoms with Gasteiger partial charge in [0.2, 0.25) is 27.7 Å². The van der Waals surface area contributed by atoms with Crippen molar-refractivity contribution >= 4 is 33.8 Å². The van der Waals surface area contributed by atoms with Crippen LogP contribution in [0.25, 0.3) is 0 Å². The highest BCUT2D eigenvalue weighted by Crippen LogP contribution is 2.40. The van der Waals surface area contributed by atoms with Crippen molar-refractivity contribution in [3.05, 3.63) is 82.4 Å². The number of nitrogens with two attached hydrogens (primary N) is 1. The third-order valence-electron chi connectivity index (χ3n) is 9.26. The van der Waals surface area contributed by atoms with Gasteiger partial charge in [-0.05, 0) is 87.6 Å². The topological polar surface area (TPSA) is 188 Å². The lowest BCUT2D eigenvalue weighted by atomic mass is 10.1. The lowest BCUT2D eigenvalue weighted by Gasteiger charge is -2.22. The molecule has 2 aliphatic heterocycles. The Bertz CT molecular complexity index is 1780. The van der Waals surface area contributed by atoms with Crippen LogP contribution in [0.1, 0.15) is 102 Å². The summed E-state index contributed by atoms with van der Waals surface area (Å²) in [6.45, 7) is 13.2. The van der Waals surface area contributed by atoms with Gasteiger partial charge >= 0.3 is 6.09 Å². The van der Waals surface area contributed by atoms with E-state index in [2.05, 4.69) is 23.0 Å². The van der Waals surface area contributed by atoms with Crippen LogP contribution in [0.15, 0.2) is 48.6 Å². The van der Waals surface area contributed by atoms with Crippen LogP contribution in [0.2, 0.25) is 0 Å². The number of sulfonamides is 1. The molecule has 3 aliphatic rings. The number of hydrogen-bond donors (Lipinski definition) is 4. The summed E-state index contributed by atoms with van der Waals surface area (Å²) in [6.07, 6.45) is 9.95. The van der Waals surface area contributed by atoms with Crippen molar-refractivity contribution in [2.75, 3.05) is 19.8 Å². The van der Waals surface area contributed by atoms with Crippen LogP contribution in [-0.4, -0.2) is 79.1 Å². The first-order valence-corrected chi connectivity index (χ1v) is 21.3. The van der Waals surface area contributed by atoms with Crippen molar-refractivity contribution in [2.24, 2.45) is 17.6 Å². The van der Waals surface area contributed by atoms with E-state index >= 15 is 0 Å². The molecule has 57 heavy (non-hydrogen) atoms. The average molecular weight is 822 g/mol. The maximum absolute atomic E-state index is 13.2. The van der Waals surface area contributed by atoms with Gasteiger partial charge in [-0.3, -0.25) is 29.3 Å². The lowest BCUT2D eigenvalue weighted by molar-refractivity contribution is -0.136. The Balaban J connectivity index is 0.000000304. The van der Waals surface area contributed by atoms with Crippen LogP contribution < -0.4 is 15.8 Å². The van der Waals surface area contributed by atoms with Crippen molar-refractivity contribution in [3.8, 4) is 0 Å². The van der Waals surface area contributed by atoms with Crippen molar-refractivity contribution in [3.63, 3.8) is 0 Å². The number of nitrogens with zero attached hydrogens (tertiary/aromatic N) is 2. The minimum absolute atomic E-state index is 0.0985. The van der Waals surface area contributed by atoms with E-state index in [1.807, 2.05) is 33.8 Å². The maximum atomic E-state index is 13.2. The minimum Gasteiger partial charge on any atom is -0.465 e. The number of hydrogen-bond acceptors (Lipinski definition) is 8. The van der Waals surface area contributed by atoms with Crippen LogP contribution in [0.4, 0.5) is 13.6 Å². The number of ether oxygens (including phenoxy) is 1. The number of nitrogens with one attached hydrogen (secondary N) is 2. The summed E-state index contributed by atoms with van der Waals surface area (Å²) in [7, 11) is -3.77. The number of aryl methyl sites for hydroxylation is 1. The van der Waals surface area contributed by atoms with E-state index in [1.54, 1.807) is 24.0 Å². The fraction of sp³-hybridized carbons (Fsp3) is 0.561. The first-order chi connectivity index (χ1) is 27.0. The molecule has 0 bridgehead atoms. The number of benzene rings is 2. The van der Waals surface area contributed by atoms with Gasteiger partial charge < -0.3 is 20.5 Å². The Morgan fingerprint density at radius 3 is 2.40 bits per heavy atom. The average Bonchev–Trinajstić information content (AvgIpc) is 3.51. The number of rotatable bonds is 15. The van der Waals surface area contributed by atoms with Crippen molar-refractivity contribution in [1.29, 1.82) is 0 Å². The molecule has 5 rings (SSSR count). The fourth-order valence-electron chi connectivity index (χ4n) is 6.16. The Morgan fingerprint density at radius 2 is 1.79 bits per heavy atom. The first kappa shape index (κ1) is 48.7. The van der Waals surface area contributed by atoms with Crippen LogP contribution in [0.5, 0.6) is 0 Å². The summed E-state index contributed by atoms with van der Waals surface area (Å²) >= 11 is 0. The summed E-state index contributed by atoms with van der Waals surface area (Å²) in [5.74, 6) is -2.10. The van der Waals surface area contributed by atoms with Crippen LogP contribution in [0, 0.1) is 30.4 Å². The van der Waals surface area contributed by atoms with Gasteiger partial charge in [0.15, 0.2) is 0 Å². The fourth-order valence-corrected chi connectivity index (χ4v) is 7.30. The Morgan fingerprint density at radius 1 is 1.07 bits per heavy atom. The molecule has 2 fully saturated rings. The molecule has 5 N–H and O–H groups in total. The zero-order valence-corrected chi connectivity index (χ0v) is 34.9. The number of amides is 4. The molecule has 1 saturated heterocycles. The molecule has 2 heterocycles. The second-order valence-corrected chi connectivity index (χ2v) is 15.9. The Kier molecular flexibility index (Phi) is 20.8. The Labute approximate surface area is 336 Å². The summed E-state index contributed by atoms with van der Waals surface area (Å²) in [5, 5.41) is 11.6. The molecule has 1 saturated carbocycles. The van der Waals surface area contributed by atoms with E-state index in [0.717, 1.165) is 24.8 Å². The number of halogens is 2. The SMILES string of the molecule is CC.CC(C)OCNCC(=O)N1CCCC1C(N)=O.CCCCC/C=C\C1CC1C(=O)NS(=O)(=O)Cc1ccc(F)c(C)c1.O=C(O)N1Cc2cccc(F)c2C1. The number of likely N-dealkylation sites (tertiary alicyclic amines) is 1. The zero-order valence-electron chi connectivity index (χ0n) is 34.1. The number of carboxylic acid groups (broad SMARTS) is 1. The monoisotopic (exact) mass is 821 g/mol. The molecule has 4 amide bonds. The summed E-state index contributed by atoms with van der Waals surface area (Å²) < 4.78 is 58.0. The Hall–Kier alpha value is -4.41. The number of fused-ring (bicyclic) bond motifs is 1. The molecule has 1 aliphatic carbocycles. The van der Waals surface area contributed by atoms with Gasteiger partial charge in [0, 0.05) is 24.6 Å². The minimum atomic E-state index is -3.77. The van der Waals surface area contributed by atoms with Crippen molar-refractivity contribution in [1.82, 2.24) is 19.8 Å². The van der Waals surface area contributed by atoms with E-state index < -0.39 is 34.0 Å². The molecule has 13 nitrogen and oxygen atoms in total. The molecule has 318 valence electrons. The maximum Gasteiger partial charge on any atom is 0.407 e. The summed E-state index contributed by atoms with van der Waals surface area (Å²) in [4.78, 5) is 48.3. The highest BCUT2D eigenvalue weighted by Gasteiger charge is 2.42. The quantitative estimate of drug-likeness (QED) is 0.0931. The second kappa shape index (κ2) is 24.4. The standard InChI is InChI=1S/C19H26FNO3S.C11H21N3O3.C9H8FNO2.C2H6/c1-3-4-5-6-7-8-16-12-17(16)19(22)21-25(23,24)13-15-9-10-18(20)14(2)11-15;1-8(2)17-7-13-6-10(15)14-5-3-4-9(14)11(12)16;10-8-3-1-2-6-4-11(9(12)13)5-7(6)8;1-2/h7-11,16-17H,3-6,12-13H2,1-2H3,(H,21,22);8-9,13H,3-7H2,1-2H3,(H2,12,16);1-3H,4-5H2,(H,12,13);1-2H3/b8-7-;;;. The molecular formula is C41H61F2N5O8S. The van der Waals surface area contributed by atoms with Gasteiger partial charge in [-0.2, -0.15) is 0 Å². The number of allylic oxidation sites excluding steroid dienone is 2. The molecule has 2 aromatic carbocycles. The third kappa shape index (κ3) is 16.9. The lowest BCUT2D eigenvalue weighted by Crippen LogP contribution is -2.47. The smallest absolute Gasteiger partial charge is 0.407 e. The third-order valence-corrected chi connectivity index (χ3v) is 10.5. The van der Waals surface area contributed by atoms with Gasteiger partial charge in [0.05, 0.1) is 31.7 Å². The summed E-state index contributed by atoms with van der Waals surface area (Å²) in [6, 6.07) is 8.41. The van der Waals surface area contributed by atoms with Gasteiger partial charge in [0.1, 0.15) is 17.7 Å². The van der Waals surface area contributed by atoms with E-state index in [9.17, 15) is 36.4 Å². The largest absolute Gasteiger partial charge is 0.465 e. The van der Waals surface area contributed by atoms with Gasteiger partial charge in [-0.15, -0.1) is 0 Å². The number of carbonyl (C=O) groups excluding carboxylic acids is 3. The first-order valence-electron chi connectivity index (χ1n) is 19.6. The van der Waals surface area contributed by atoms with E-state index in [0.29, 0.717) is 49.4 Å². The molecule has 2 aromatic rings. The van der Waals surface area contributed by atoms with E-state index in [-0.39, 0.29) is 54.3 Å². The normalized spacial score (nSPS) is 18.1. The van der Waals surface area contributed by atoms with Crippen LogP contribution in [0.3, 0.4) is 0 Å². The van der Waals surface area contributed by atoms with Crippen molar-refractivity contribution in [2.45, 2.75) is 117 Å². The van der Waals surface area contributed by atoms with Gasteiger partial charge in [-0.25, -0.2) is 22.0 Å². The molecule has 0 radical (unpaired) electrons. The summed E-state index contributed by atoms with van der Waals surface area (Å²) in [5.41, 5.74) is 7.36. The molecular weight excluding hydrogens is 761 g/mol. The second-order valence-electron chi connectivity index (χ2n) is 14.2. The highest BCUT2D eigenvalue weighted by atomic mass is 32.2. The zero-order chi connectivity index (χ0) is 42.7. The highest BCUT2D eigenvalue weighted by molar-refractivity contribution is 7.89.